The van der Waals surface area contributed by atoms with Gasteiger partial charge in [0.05, 0.1) is 12.1 Å². The lowest BCUT2D eigenvalue weighted by molar-refractivity contribution is -0.116. The number of aryl methyl sites for hydroxylation is 1. The summed E-state index contributed by atoms with van der Waals surface area (Å²) in [7, 11) is 1.61. The first-order chi connectivity index (χ1) is 15.1. The van der Waals surface area contributed by atoms with Crippen molar-refractivity contribution in [3.8, 4) is 11.5 Å². The Hall–Kier alpha value is -2.86. The lowest BCUT2D eigenvalue weighted by atomic mass is 9.82. The SMILES string of the molecule is COc1ccc([C@H]2CC(=O)Nc3sc4c(c32)CCCC4)cc1OCc1ccc(F)cc1. The molecule has 1 amide bonds. The second-order valence-electron chi connectivity index (χ2n) is 8.08. The van der Waals surface area contributed by atoms with E-state index in [1.165, 1.54) is 41.0 Å². The number of benzene rings is 2. The number of amides is 1. The highest BCUT2D eigenvalue weighted by Gasteiger charge is 2.33. The van der Waals surface area contributed by atoms with Crippen LogP contribution in [0.5, 0.6) is 11.5 Å². The van der Waals surface area contributed by atoms with Gasteiger partial charge in [-0.25, -0.2) is 4.39 Å². The summed E-state index contributed by atoms with van der Waals surface area (Å²) in [5, 5.41) is 4.11. The van der Waals surface area contributed by atoms with Crippen molar-refractivity contribution in [2.24, 2.45) is 0 Å². The van der Waals surface area contributed by atoms with Crippen molar-refractivity contribution < 1.29 is 18.7 Å². The van der Waals surface area contributed by atoms with Gasteiger partial charge in [-0.2, -0.15) is 0 Å². The minimum atomic E-state index is -0.270. The first-order valence-corrected chi connectivity index (χ1v) is 11.4. The van der Waals surface area contributed by atoms with E-state index in [0.717, 1.165) is 29.0 Å². The molecule has 4 nitrogen and oxygen atoms in total. The molecule has 2 aliphatic rings. The second kappa shape index (κ2) is 8.35. The van der Waals surface area contributed by atoms with E-state index < -0.39 is 0 Å². The van der Waals surface area contributed by atoms with E-state index in [4.69, 9.17) is 9.47 Å². The monoisotopic (exact) mass is 437 g/mol. The number of carbonyl (C=O) groups is 1. The molecule has 0 radical (unpaired) electrons. The first-order valence-electron chi connectivity index (χ1n) is 10.6. The standard InChI is InChI=1S/C25H24FNO3S/c1-29-20-11-8-16(12-21(20)30-14-15-6-9-17(26)10-7-15)19-13-23(28)27-25-24(19)18-4-2-3-5-22(18)31-25/h6-12,19H,2-5,13-14H2,1H3,(H,27,28)/t19-/m1/s1. The number of methoxy groups -OCH3 is 1. The van der Waals surface area contributed by atoms with Crippen LogP contribution in [0.15, 0.2) is 42.5 Å². The lowest BCUT2D eigenvalue weighted by Crippen LogP contribution is -2.23. The molecule has 2 heterocycles. The van der Waals surface area contributed by atoms with Crippen LogP contribution in [0.2, 0.25) is 0 Å². The van der Waals surface area contributed by atoms with Crippen molar-refractivity contribution in [1.29, 1.82) is 0 Å². The fraction of sp³-hybridized carbons (Fsp3) is 0.320. The fourth-order valence-corrected chi connectivity index (χ4v) is 5.93. The highest BCUT2D eigenvalue weighted by molar-refractivity contribution is 7.16. The van der Waals surface area contributed by atoms with Crippen LogP contribution in [-0.4, -0.2) is 13.0 Å². The summed E-state index contributed by atoms with van der Waals surface area (Å²) in [5.41, 5.74) is 4.65. The molecule has 0 saturated carbocycles. The first kappa shape index (κ1) is 20.1. The molecule has 0 bridgehead atoms. The van der Waals surface area contributed by atoms with Crippen molar-refractivity contribution in [3.63, 3.8) is 0 Å². The predicted octanol–water partition coefficient (Wildman–Crippen LogP) is 5.83. The summed E-state index contributed by atoms with van der Waals surface area (Å²) in [4.78, 5) is 13.9. The smallest absolute Gasteiger partial charge is 0.225 e. The van der Waals surface area contributed by atoms with Gasteiger partial charge in [-0.3, -0.25) is 4.79 Å². The summed E-state index contributed by atoms with van der Waals surface area (Å²) in [6, 6.07) is 12.2. The van der Waals surface area contributed by atoms with E-state index in [2.05, 4.69) is 5.32 Å². The summed E-state index contributed by atoms with van der Waals surface area (Å²) < 4.78 is 24.7. The Morgan fingerprint density at radius 3 is 2.71 bits per heavy atom. The maximum Gasteiger partial charge on any atom is 0.225 e. The Labute approximate surface area is 185 Å². The van der Waals surface area contributed by atoms with Gasteiger partial charge in [0.1, 0.15) is 12.4 Å². The number of ether oxygens (including phenoxy) is 2. The zero-order valence-electron chi connectivity index (χ0n) is 17.4. The minimum Gasteiger partial charge on any atom is -0.493 e. The van der Waals surface area contributed by atoms with Crippen molar-refractivity contribution in [2.75, 3.05) is 12.4 Å². The van der Waals surface area contributed by atoms with Gasteiger partial charge < -0.3 is 14.8 Å². The highest BCUT2D eigenvalue weighted by atomic mass is 32.1. The van der Waals surface area contributed by atoms with Crippen LogP contribution in [0.25, 0.3) is 0 Å². The quantitative estimate of drug-likeness (QED) is 0.546. The van der Waals surface area contributed by atoms with Crippen LogP contribution in [-0.2, 0) is 24.2 Å². The van der Waals surface area contributed by atoms with E-state index in [0.29, 0.717) is 24.5 Å². The summed E-state index contributed by atoms with van der Waals surface area (Å²) in [5.74, 6) is 1.06. The third-order valence-electron chi connectivity index (χ3n) is 6.10. The molecule has 1 aliphatic heterocycles. The van der Waals surface area contributed by atoms with Gasteiger partial charge >= 0.3 is 0 Å². The second-order valence-corrected chi connectivity index (χ2v) is 9.19. The third-order valence-corrected chi connectivity index (χ3v) is 7.32. The number of rotatable bonds is 5. The average Bonchev–Trinajstić information content (AvgIpc) is 3.16. The number of carbonyl (C=O) groups excluding carboxylic acids is 1. The zero-order valence-corrected chi connectivity index (χ0v) is 18.2. The Morgan fingerprint density at radius 2 is 1.90 bits per heavy atom. The summed E-state index contributed by atoms with van der Waals surface area (Å²) in [6.45, 7) is 0.310. The highest BCUT2D eigenvalue weighted by Crippen LogP contribution is 2.48. The Morgan fingerprint density at radius 1 is 1.10 bits per heavy atom. The van der Waals surface area contributed by atoms with E-state index in [1.54, 1.807) is 30.6 Å². The Bertz CT molecular complexity index is 1120. The number of anilines is 1. The number of halogens is 1. The maximum absolute atomic E-state index is 13.2. The Kier molecular flexibility index (Phi) is 5.40. The van der Waals surface area contributed by atoms with E-state index in [1.807, 2.05) is 18.2 Å². The number of nitrogens with one attached hydrogen (secondary N) is 1. The fourth-order valence-electron chi connectivity index (χ4n) is 4.57. The Balaban J connectivity index is 1.48. The zero-order chi connectivity index (χ0) is 21.4. The normalized spacial score (nSPS) is 17.5. The number of fused-ring (bicyclic) bond motifs is 3. The van der Waals surface area contributed by atoms with E-state index in [-0.39, 0.29) is 17.6 Å². The van der Waals surface area contributed by atoms with E-state index in [9.17, 15) is 9.18 Å². The van der Waals surface area contributed by atoms with Gasteiger partial charge in [0.15, 0.2) is 11.5 Å². The third kappa shape index (κ3) is 3.92. The van der Waals surface area contributed by atoms with Gasteiger partial charge in [0.2, 0.25) is 5.91 Å². The van der Waals surface area contributed by atoms with Gasteiger partial charge in [-0.15, -0.1) is 11.3 Å². The van der Waals surface area contributed by atoms with Crippen LogP contribution in [0.4, 0.5) is 9.39 Å². The molecule has 1 aliphatic carbocycles. The van der Waals surface area contributed by atoms with Crippen LogP contribution in [0.3, 0.4) is 0 Å². The minimum absolute atomic E-state index is 0.0147. The molecule has 0 fully saturated rings. The molecule has 1 atom stereocenters. The molecule has 1 aromatic heterocycles. The molecular weight excluding hydrogens is 413 g/mol. The molecule has 0 spiro atoms. The molecular formula is C25H24FNO3S. The van der Waals surface area contributed by atoms with Gasteiger partial charge in [0, 0.05) is 17.2 Å². The van der Waals surface area contributed by atoms with Gasteiger partial charge in [0.25, 0.3) is 0 Å². The van der Waals surface area contributed by atoms with Crippen LogP contribution >= 0.6 is 11.3 Å². The molecule has 0 unspecified atom stereocenters. The molecule has 6 heteroatoms. The van der Waals surface area contributed by atoms with Crippen molar-refractivity contribution in [1.82, 2.24) is 0 Å². The molecule has 3 aromatic rings. The van der Waals surface area contributed by atoms with Crippen molar-refractivity contribution >= 4 is 22.2 Å². The predicted molar refractivity (Wildman–Crippen MR) is 120 cm³/mol. The molecule has 5 rings (SSSR count). The lowest BCUT2D eigenvalue weighted by Gasteiger charge is -2.26. The van der Waals surface area contributed by atoms with E-state index >= 15 is 0 Å². The molecule has 0 saturated heterocycles. The van der Waals surface area contributed by atoms with Crippen LogP contribution in [0.1, 0.15) is 52.3 Å². The topological polar surface area (TPSA) is 47.6 Å². The molecule has 2 aromatic carbocycles. The average molecular weight is 438 g/mol. The number of thiophene rings is 1. The van der Waals surface area contributed by atoms with Crippen LogP contribution < -0.4 is 14.8 Å². The maximum atomic E-state index is 13.2. The molecule has 31 heavy (non-hydrogen) atoms. The number of hydrogen-bond acceptors (Lipinski definition) is 4. The summed E-state index contributed by atoms with van der Waals surface area (Å²) in [6.07, 6.45) is 5.03. The van der Waals surface area contributed by atoms with Gasteiger partial charge in [-0.05, 0) is 72.2 Å². The number of hydrogen-bond donors (Lipinski definition) is 1. The van der Waals surface area contributed by atoms with Crippen molar-refractivity contribution in [3.05, 3.63) is 75.4 Å². The summed E-state index contributed by atoms with van der Waals surface area (Å²) >= 11 is 1.74. The van der Waals surface area contributed by atoms with Crippen molar-refractivity contribution in [2.45, 2.75) is 44.6 Å². The largest absolute Gasteiger partial charge is 0.493 e. The van der Waals surface area contributed by atoms with Gasteiger partial charge in [-0.1, -0.05) is 18.2 Å². The molecule has 1 N–H and O–H groups in total. The molecule has 160 valence electrons. The van der Waals surface area contributed by atoms with Crippen LogP contribution in [0, 0.1) is 5.82 Å².